The molecule has 3 aromatic carbocycles. The fourth-order valence-corrected chi connectivity index (χ4v) is 3.61. The summed E-state index contributed by atoms with van der Waals surface area (Å²) in [6.45, 7) is 0.681. The molecular formula is C21H17ClN2O2. The summed E-state index contributed by atoms with van der Waals surface area (Å²) in [5, 5.41) is 5.26. The number of fused-ring (bicyclic) bond motifs is 1. The Morgan fingerprint density at radius 3 is 2.62 bits per heavy atom. The molecule has 4 nitrogen and oxygen atoms in total. The van der Waals surface area contributed by atoms with Crippen molar-refractivity contribution in [1.82, 2.24) is 0 Å². The van der Waals surface area contributed by atoms with Gasteiger partial charge in [-0.1, -0.05) is 48.0 Å². The molecule has 1 saturated heterocycles. The van der Waals surface area contributed by atoms with Crippen LogP contribution in [0.5, 0.6) is 0 Å². The second-order valence-corrected chi connectivity index (χ2v) is 6.70. The van der Waals surface area contributed by atoms with E-state index in [0.717, 1.165) is 17.2 Å². The average molecular weight is 365 g/mol. The summed E-state index contributed by atoms with van der Waals surface area (Å²) < 4.78 is 0. The second kappa shape index (κ2) is 6.81. The summed E-state index contributed by atoms with van der Waals surface area (Å²) in [7, 11) is 0. The number of hydrogen-bond donors (Lipinski definition) is 1. The normalized spacial score (nSPS) is 14.0. The van der Waals surface area contributed by atoms with Crippen LogP contribution in [-0.4, -0.2) is 18.4 Å². The van der Waals surface area contributed by atoms with E-state index in [4.69, 9.17) is 11.6 Å². The molecule has 0 spiro atoms. The van der Waals surface area contributed by atoms with E-state index < -0.39 is 0 Å². The molecule has 1 fully saturated rings. The Morgan fingerprint density at radius 2 is 1.85 bits per heavy atom. The minimum Gasteiger partial charge on any atom is -0.322 e. The zero-order valence-electron chi connectivity index (χ0n) is 14.0. The summed E-state index contributed by atoms with van der Waals surface area (Å²) in [6, 6.07) is 18.7. The number of carbonyl (C=O) groups excluding carboxylic acids is 2. The summed E-state index contributed by atoms with van der Waals surface area (Å²) in [5.74, 6) is -0.109. The first kappa shape index (κ1) is 16.6. The molecule has 0 radical (unpaired) electrons. The fraction of sp³-hybridized carbons (Fsp3) is 0.143. The molecule has 2 amide bonds. The molecule has 0 aromatic heterocycles. The zero-order chi connectivity index (χ0) is 18.1. The van der Waals surface area contributed by atoms with Gasteiger partial charge >= 0.3 is 0 Å². The van der Waals surface area contributed by atoms with Crippen molar-refractivity contribution in [2.45, 2.75) is 12.8 Å². The number of hydrogen-bond acceptors (Lipinski definition) is 2. The molecule has 1 N–H and O–H groups in total. The average Bonchev–Trinajstić information content (AvgIpc) is 3.07. The smallest absolute Gasteiger partial charge is 0.256 e. The SMILES string of the molecule is O=C(Nc1ccc(N2CCCC2=O)c(Cl)c1)c1cccc2ccccc12. The van der Waals surface area contributed by atoms with Crippen molar-refractivity contribution in [2.24, 2.45) is 0 Å². The third-order valence-electron chi connectivity index (χ3n) is 4.60. The van der Waals surface area contributed by atoms with E-state index in [9.17, 15) is 9.59 Å². The summed E-state index contributed by atoms with van der Waals surface area (Å²) in [4.78, 5) is 26.3. The molecule has 5 heteroatoms. The van der Waals surface area contributed by atoms with E-state index in [1.165, 1.54) is 0 Å². The van der Waals surface area contributed by atoms with Crippen molar-refractivity contribution < 1.29 is 9.59 Å². The van der Waals surface area contributed by atoms with Crippen molar-refractivity contribution in [2.75, 3.05) is 16.8 Å². The summed E-state index contributed by atoms with van der Waals surface area (Å²) in [6.07, 6.45) is 1.39. The molecule has 1 heterocycles. The number of nitrogens with zero attached hydrogens (tertiary/aromatic N) is 1. The number of amides is 2. The van der Waals surface area contributed by atoms with E-state index in [1.54, 1.807) is 29.2 Å². The molecule has 26 heavy (non-hydrogen) atoms. The van der Waals surface area contributed by atoms with Gasteiger partial charge in [0.1, 0.15) is 0 Å². The van der Waals surface area contributed by atoms with Crippen molar-refractivity contribution in [3.8, 4) is 0 Å². The van der Waals surface area contributed by atoms with Crippen molar-refractivity contribution in [1.29, 1.82) is 0 Å². The monoisotopic (exact) mass is 364 g/mol. The van der Waals surface area contributed by atoms with Gasteiger partial charge in [0.15, 0.2) is 0 Å². The number of benzene rings is 3. The van der Waals surface area contributed by atoms with Gasteiger partial charge in [-0.05, 0) is 41.5 Å². The predicted octanol–water partition coefficient (Wildman–Crippen LogP) is 4.87. The van der Waals surface area contributed by atoms with E-state index in [0.29, 0.717) is 34.9 Å². The standard InChI is InChI=1S/C21H17ClN2O2/c22-18-13-15(10-11-19(18)24-12-4-9-20(24)25)23-21(26)17-8-3-6-14-5-1-2-7-16(14)17/h1-3,5-8,10-11,13H,4,9,12H2,(H,23,26). The van der Waals surface area contributed by atoms with E-state index in [-0.39, 0.29) is 11.8 Å². The lowest BCUT2D eigenvalue weighted by atomic mass is 10.0. The number of nitrogens with one attached hydrogen (secondary N) is 1. The lowest BCUT2D eigenvalue weighted by Gasteiger charge is -2.18. The molecule has 0 bridgehead atoms. The van der Waals surface area contributed by atoms with Gasteiger partial charge in [-0.3, -0.25) is 9.59 Å². The first-order valence-corrected chi connectivity index (χ1v) is 8.90. The highest BCUT2D eigenvalue weighted by Gasteiger charge is 2.23. The first-order chi connectivity index (χ1) is 12.6. The Morgan fingerprint density at radius 1 is 1.04 bits per heavy atom. The maximum Gasteiger partial charge on any atom is 0.256 e. The molecule has 0 atom stereocenters. The van der Waals surface area contributed by atoms with Crippen LogP contribution in [0.15, 0.2) is 60.7 Å². The Labute approximate surface area is 156 Å². The lowest BCUT2D eigenvalue weighted by molar-refractivity contribution is -0.117. The van der Waals surface area contributed by atoms with Crippen molar-refractivity contribution in [3.63, 3.8) is 0 Å². The minimum absolute atomic E-state index is 0.0828. The van der Waals surface area contributed by atoms with Gasteiger partial charge in [0.2, 0.25) is 5.91 Å². The molecule has 1 aliphatic heterocycles. The number of anilines is 2. The maximum absolute atomic E-state index is 12.7. The molecule has 0 unspecified atom stereocenters. The Hall–Kier alpha value is -2.85. The third kappa shape index (κ3) is 3.04. The van der Waals surface area contributed by atoms with Crippen LogP contribution in [0.4, 0.5) is 11.4 Å². The van der Waals surface area contributed by atoms with Crippen LogP contribution >= 0.6 is 11.6 Å². The van der Waals surface area contributed by atoms with E-state index in [1.807, 2.05) is 36.4 Å². The van der Waals surface area contributed by atoms with Crippen LogP contribution in [0.1, 0.15) is 23.2 Å². The van der Waals surface area contributed by atoms with Gasteiger partial charge in [-0.15, -0.1) is 0 Å². The maximum atomic E-state index is 12.7. The molecule has 1 aliphatic rings. The molecule has 3 aromatic rings. The number of carbonyl (C=O) groups is 2. The zero-order valence-corrected chi connectivity index (χ0v) is 14.8. The topological polar surface area (TPSA) is 49.4 Å². The molecule has 0 saturated carbocycles. The molecule has 4 rings (SSSR count). The number of rotatable bonds is 3. The predicted molar refractivity (Wildman–Crippen MR) is 105 cm³/mol. The Balaban J connectivity index is 1.60. The first-order valence-electron chi connectivity index (χ1n) is 8.52. The lowest BCUT2D eigenvalue weighted by Crippen LogP contribution is -2.24. The van der Waals surface area contributed by atoms with Crippen LogP contribution in [0.3, 0.4) is 0 Å². The minimum atomic E-state index is -0.192. The van der Waals surface area contributed by atoms with Crippen LogP contribution in [0.2, 0.25) is 5.02 Å². The largest absolute Gasteiger partial charge is 0.322 e. The molecular weight excluding hydrogens is 348 g/mol. The quantitative estimate of drug-likeness (QED) is 0.720. The van der Waals surface area contributed by atoms with E-state index >= 15 is 0 Å². The second-order valence-electron chi connectivity index (χ2n) is 6.30. The number of halogens is 1. The van der Waals surface area contributed by atoms with Crippen molar-refractivity contribution in [3.05, 3.63) is 71.2 Å². The highest BCUT2D eigenvalue weighted by molar-refractivity contribution is 6.34. The van der Waals surface area contributed by atoms with Gasteiger partial charge in [-0.2, -0.15) is 0 Å². The van der Waals surface area contributed by atoms with Gasteiger partial charge < -0.3 is 10.2 Å². The van der Waals surface area contributed by atoms with E-state index in [2.05, 4.69) is 5.32 Å². The third-order valence-corrected chi connectivity index (χ3v) is 4.91. The summed E-state index contributed by atoms with van der Waals surface area (Å²) >= 11 is 6.35. The molecule has 130 valence electrons. The van der Waals surface area contributed by atoms with Crippen LogP contribution < -0.4 is 10.2 Å². The van der Waals surface area contributed by atoms with Gasteiger partial charge in [0.05, 0.1) is 10.7 Å². The molecule has 0 aliphatic carbocycles. The fourth-order valence-electron chi connectivity index (χ4n) is 3.33. The Kier molecular flexibility index (Phi) is 4.35. The van der Waals surface area contributed by atoms with Crippen molar-refractivity contribution >= 4 is 45.6 Å². The van der Waals surface area contributed by atoms with Gasteiger partial charge in [0, 0.05) is 24.2 Å². The van der Waals surface area contributed by atoms with Crippen LogP contribution in [0.25, 0.3) is 10.8 Å². The highest BCUT2D eigenvalue weighted by Crippen LogP contribution is 2.32. The van der Waals surface area contributed by atoms with Gasteiger partial charge in [-0.25, -0.2) is 0 Å². The Bertz CT molecular complexity index is 1010. The van der Waals surface area contributed by atoms with Crippen LogP contribution in [0, 0.1) is 0 Å². The van der Waals surface area contributed by atoms with Gasteiger partial charge in [0.25, 0.3) is 5.91 Å². The summed E-state index contributed by atoms with van der Waals surface area (Å²) in [5.41, 5.74) is 1.90. The van der Waals surface area contributed by atoms with Crippen LogP contribution in [-0.2, 0) is 4.79 Å². The highest BCUT2D eigenvalue weighted by atomic mass is 35.5.